The second kappa shape index (κ2) is 5.65. The molecule has 0 radical (unpaired) electrons. The van der Waals surface area contributed by atoms with Crippen LogP contribution in [0.25, 0.3) is 0 Å². The highest BCUT2D eigenvalue weighted by Gasteiger charge is 2.14. The lowest BCUT2D eigenvalue weighted by molar-refractivity contribution is 0.396. The summed E-state index contributed by atoms with van der Waals surface area (Å²) in [6.45, 7) is 12.4. The van der Waals surface area contributed by atoms with E-state index in [1.54, 1.807) is 0 Å². The number of rotatable bonds is 5. The lowest BCUT2D eigenvalue weighted by atomic mass is 9.97. The second-order valence-corrected chi connectivity index (χ2v) is 5.78. The maximum absolute atomic E-state index is 5.72. The van der Waals surface area contributed by atoms with Crippen LogP contribution in [0.15, 0.2) is 18.2 Å². The second-order valence-electron chi connectivity index (χ2n) is 5.78. The quantitative estimate of drug-likeness (QED) is 0.822. The number of benzene rings is 1. The fourth-order valence-corrected chi connectivity index (χ4v) is 1.65. The maximum Gasteiger partial charge on any atom is 0.0250 e. The van der Waals surface area contributed by atoms with Crippen LogP contribution in [0, 0.1) is 6.92 Å². The molecule has 0 saturated heterocycles. The van der Waals surface area contributed by atoms with Gasteiger partial charge < -0.3 is 11.1 Å². The SMILES string of the molecule is Cc1ccc(C(C)C)cc1CNC(C)(C)CN. The van der Waals surface area contributed by atoms with Crippen molar-refractivity contribution < 1.29 is 0 Å². The van der Waals surface area contributed by atoms with Crippen molar-refractivity contribution in [2.75, 3.05) is 6.54 Å². The van der Waals surface area contributed by atoms with Crippen molar-refractivity contribution in [2.24, 2.45) is 5.73 Å². The van der Waals surface area contributed by atoms with Crippen molar-refractivity contribution in [3.63, 3.8) is 0 Å². The van der Waals surface area contributed by atoms with Gasteiger partial charge in [0.2, 0.25) is 0 Å². The summed E-state index contributed by atoms with van der Waals surface area (Å²) in [5, 5.41) is 3.51. The minimum absolute atomic E-state index is 0.000273. The van der Waals surface area contributed by atoms with E-state index in [1.165, 1.54) is 16.7 Å². The van der Waals surface area contributed by atoms with Gasteiger partial charge in [0.25, 0.3) is 0 Å². The van der Waals surface area contributed by atoms with Crippen LogP contribution in [0.5, 0.6) is 0 Å². The van der Waals surface area contributed by atoms with Crippen molar-refractivity contribution in [1.29, 1.82) is 0 Å². The Bertz CT molecular complexity index is 367. The molecule has 0 aromatic heterocycles. The summed E-state index contributed by atoms with van der Waals surface area (Å²) in [4.78, 5) is 0. The third kappa shape index (κ3) is 4.14. The first kappa shape index (κ1) is 14.2. The summed E-state index contributed by atoms with van der Waals surface area (Å²) >= 11 is 0. The molecular weight excluding hydrogens is 208 g/mol. The fraction of sp³-hybridized carbons (Fsp3) is 0.600. The summed E-state index contributed by atoms with van der Waals surface area (Å²) in [6.07, 6.45) is 0. The Hall–Kier alpha value is -0.860. The van der Waals surface area contributed by atoms with E-state index in [4.69, 9.17) is 5.73 Å². The zero-order chi connectivity index (χ0) is 13.1. The highest BCUT2D eigenvalue weighted by atomic mass is 15.0. The van der Waals surface area contributed by atoms with Gasteiger partial charge in [-0.15, -0.1) is 0 Å². The van der Waals surface area contributed by atoms with Crippen LogP contribution < -0.4 is 11.1 Å². The number of hydrogen-bond donors (Lipinski definition) is 2. The molecular formula is C15H26N2. The molecule has 0 spiro atoms. The van der Waals surface area contributed by atoms with E-state index in [-0.39, 0.29) is 5.54 Å². The molecule has 1 aromatic carbocycles. The van der Waals surface area contributed by atoms with E-state index in [1.807, 2.05) is 0 Å². The zero-order valence-electron chi connectivity index (χ0n) is 11.8. The summed E-state index contributed by atoms with van der Waals surface area (Å²) < 4.78 is 0. The van der Waals surface area contributed by atoms with Crippen molar-refractivity contribution in [3.05, 3.63) is 34.9 Å². The zero-order valence-corrected chi connectivity index (χ0v) is 11.8. The molecule has 0 aliphatic heterocycles. The van der Waals surface area contributed by atoms with E-state index >= 15 is 0 Å². The first-order valence-electron chi connectivity index (χ1n) is 6.40. The molecule has 0 unspecified atom stereocenters. The van der Waals surface area contributed by atoms with E-state index in [0.29, 0.717) is 12.5 Å². The van der Waals surface area contributed by atoms with Crippen LogP contribution in [0.1, 0.15) is 50.3 Å². The topological polar surface area (TPSA) is 38.0 Å². The monoisotopic (exact) mass is 234 g/mol. The molecule has 1 rings (SSSR count). The van der Waals surface area contributed by atoms with Gasteiger partial charge in [-0.1, -0.05) is 32.0 Å². The van der Waals surface area contributed by atoms with Crippen molar-refractivity contribution in [3.8, 4) is 0 Å². The average molecular weight is 234 g/mol. The van der Waals surface area contributed by atoms with Gasteiger partial charge >= 0.3 is 0 Å². The Morgan fingerprint density at radius 1 is 1.29 bits per heavy atom. The predicted octanol–water partition coefficient (Wildman–Crippen LogP) is 2.95. The van der Waals surface area contributed by atoms with Gasteiger partial charge in [0.05, 0.1) is 0 Å². The number of hydrogen-bond acceptors (Lipinski definition) is 2. The normalized spacial score (nSPS) is 12.2. The summed E-state index contributed by atoms with van der Waals surface area (Å²) in [5.74, 6) is 0.580. The molecule has 2 nitrogen and oxygen atoms in total. The smallest absolute Gasteiger partial charge is 0.0250 e. The van der Waals surface area contributed by atoms with Crippen LogP contribution in [0.2, 0.25) is 0 Å². The average Bonchev–Trinajstić information content (AvgIpc) is 2.27. The summed E-state index contributed by atoms with van der Waals surface area (Å²) in [5.41, 5.74) is 9.84. The lowest BCUT2D eigenvalue weighted by Crippen LogP contribution is -2.45. The molecule has 0 aliphatic rings. The molecule has 0 heterocycles. The van der Waals surface area contributed by atoms with Crippen LogP contribution >= 0.6 is 0 Å². The molecule has 17 heavy (non-hydrogen) atoms. The molecule has 0 bridgehead atoms. The summed E-state index contributed by atoms with van der Waals surface area (Å²) in [6, 6.07) is 6.74. The van der Waals surface area contributed by atoms with Crippen LogP contribution in [-0.2, 0) is 6.54 Å². The Kier molecular flexibility index (Phi) is 4.72. The molecule has 0 fully saturated rings. The predicted molar refractivity (Wildman–Crippen MR) is 75.2 cm³/mol. The van der Waals surface area contributed by atoms with Gasteiger partial charge in [-0.05, 0) is 43.4 Å². The molecule has 3 N–H and O–H groups in total. The van der Waals surface area contributed by atoms with E-state index in [9.17, 15) is 0 Å². The molecule has 0 amide bonds. The van der Waals surface area contributed by atoms with Gasteiger partial charge in [-0.25, -0.2) is 0 Å². The van der Waals surface area contributed by atoms with Gasteiger partial charge in [0.15, 0.2) is 0 Å². The van der Waals surface area contributed by atoms with Crippen molar-refractivity contribution in [1.82, 2.24) is 5.32 Å². The number of aryl methyl sites for hydroxylation is 1. The first-order chi connectivity index (χ1) is 7.85. The molecule has 2 heteroatoms. The van der Waals surface area contributed by atoms with Gasteiger partial charge in [0.1, 0.15) is 0 Å². The van der Waals surface area contributed by atoms with Crippen LogP contribution in [0.3, 0.4) is 0 Å². The number of nitrogens with one attached hydrogen (secondary N) is 1. The molecule has 0 saturated carbocycles. The highest BCUT2D eigenvalue weighted by molar-refractivity contribution is 5.32. The third-order valence-corrected chi connectivity index (χ3v) is 3.31. The minimum Gasteiger partial charge on any atom is -0.329 e. The first-order valence-corrected chi connectivity index (χ1v) is 6.40. The maximum atomic E-state index is 5.72. The van der Waals surface area contributed by atoms with Crippen molar-refractivity contribution in [2.45, 2.75) is 52.6 Å². The fourth-order valence-electron chi connectivity index (χ4n) is 1.65. The molecule has 0 atom stereocenters. The van der Waals surface area contributed by atoms with Crippen LogP contribution in [-0.4, -0.2) is 12.1 Å². The third-order valence-electron chi connectivity index (χ3n) is 3.31. The van der Waals surface area contributed by atoms with Gasteiger partial charge in [0, 0.05) is 18.6 Å². The Morgan fingerprint density at radius 2 is 1.94 bits per heavy atom. The summed E-state index contributed by atoms with van der Waals surface area (Å²) in [7, 11) is 0. The standard InChI is InChI=1S/C15H26N2/c1-11(2)13-7-6-12(3)14(8-13)9-17-15(4,5)10-16/h6-8,11,17H,9-10,16H2,1-5H3. The number of nitrogens with two attached hydrogens (primary N) is 1. The van der Waals surface area contributed by atoms with Gasteiger partial charge in [-0.3, -0.25) is 0 Å². The molecule has 1 aromatic rings. The molecule has 96 valence electrons. The lowest BCUT2D eigenvalue weighted by Gasteiger charge is -2.25. The highest BCUT2D eigenvalue weighted by Crippen LogP contribution is 2.19. The Morgan fingerprint density at radius 3 is 2.47 bits per heavy atom. The van der Waals surface area contributed by atoms with E-state index in [0.717, 1.165) is 6.54 Å². The van der Waals surface area contributed by atoms with Gasteiger partial charge in [-0.2, -0.15) is 0 Å². The molecule has 0 aliphatic carbocycles. The van der Waals surface area contributed by atoms with E-state index < -0.39 is 0 Å². The Balaban J connectivity index is 2.80. The van der Waals surface area contributed by atoms with E-state index in [2.05, 4.69) is 58.1 Å². The Labute approximate surface area is 106 Å². The van der Waals surface area contributed by atoms with Crippen LogP contribution in [0.4, 0.5) is 0 Å². The van der Waals surface area contributed by atoms with Crippen molar-refractivity contribution >= 4 is 0 Å². The largest absolute Gasteiger partial charge is 0.329 e. The minimum atomic E-state index is 0.000273.